The van der Waals surface area contributed by atoms with Crippen molar-refractivity contribution < 1.29 is 17.6 Å². The number of pyridine rings is 1. The zero-order chi connectivity index (χ0) is 9.30. The molecule has 6 heteroatoms. The fraction of sp³-hybridized carbons (Fsp3) is 0.167. The van der Waals surface area contributed by atoms with Gasteiger partial charge < -0.3 is 0 Å². The topological polar surface area (TPSA) is 12.9 Å². The molecule has 1 aromatic heterocycles. The number of nitrogens with zero attached hydrogens (tertiary/aromatic N) is 1. The summed E-state index contributed by atoms with van der Waals surface area (Å²) in [6, 6.07) is 0.366. The Balaban J connectivity index is 3.28. The summed E-state index contributed by atoms with van der Waals surface area (Å²) in [7, 11) is 0. The van der Waals surface area contributed by atoms with Gasteiger partial charge in [0.1, 0.15) is 4.60 Å². The molecule has 1 rings (SSSR count). The van der Waals surface area contributed by atoms with Gasteiger partial charge in [-0.15, -0.1) is 0 Å². The van der Waals surface area contributed by atoms with Crippen LogP contribution in [0, 0.1) is 11.8 Å². The monoisotopic (exact) mass is 243 g/mol. The summed E-state index contributed by atoms with van der Waals surface area (Å²) in [5.74, 6) is -2.37. The summed E-state index contributed by atoms with van der Waals surface area (Å²) in [6.07, 6.45) is -3.04. The molecule has 0 fully saturated rings. The second-order valence-electron chi connectivity index (χ2n) is 1.94. The first-order valence-electron chi connectivity index (χ1n) is 2.82. The van der Waals surface area contributed by atoms with E-state index in [4.69, 9.17) is 0 Å². The molecule has 0 saturated heterocycles. The Morgan fingerprint density at radius 1 is 1.33 bits per heavy atom. The molecule has 0 aromatic carbocycles. The van der Waals surface area contributed by atoms with E-state index in [2.05, 4.69) is 20.9 Å². The molecule has 0 amide bonds. The quantitative estimate of drug-likeness (QED) is 0.546. The first-order chi connectivity index (χ1) is 5.52. The summed E-state index contributed by atoms with van der Waals surface area (Å²) >= 11 is 2.51. The SMILES string of the molecule is Fc1cc(C(F)F)c(F)c(Br)n1. The lowest BCUT2D eigenvalue weighted by Gasteiger charge is -2.02. The minimum atomic E-state index is -3.04. The molecule has 1 aromatic rings. The molecule has 0 N–H and O–H groups in total. The maximum atomic E-state index is 12.7. The van der Waals surface area contributed by atoms with Crippen LogP contribution in [-0.2, 0) is 0 Å². The van der Waals surface area contributed by atoms with Crippen molar-refractivity contribution in [2.24, 2.45) is 0 Å². The highest BCUT2D eigenvalue weighted by Gasteiger charge is 2.18. The van der Waals surface area contributed by atoms with Crippen LogP contribution in [0.5, 0.6) is 0 Å². The average molecular weight is 244 g/mol. The Bertz CT molecular complexity index is 302. The molecule has 0 aliphatic carbocycles. The van der Waals surface area contributed by atoms with Crippen LogP contribution in [0.1, 0.15) is 12.0 Å². The van der Waals surface area contributed by atoms with Gasteiger partial charge in [-0.2, -0.15) is 4.39 Å². The van der Waals surface area contributed by atoms with Crippen molar-refractivity contribution in [2.45, 2.75) is 6.43 Å². The van der Waals surface area contributed by atoms with E-state index in [0.29, 0.717) is 6.07 Å². The Morgan fingerprint density at radius 2 is 1.92 bits per heavy atom. The molecule has 1 heterocycles. The van der Waals surface area contributed by atoms with Crippen LogP contribution < -0.4 is 0 Å². The van der Waals surface area contributed by atoms with Gasteiger partial charge in [0.15, 0.2) is 5.82 Å². The van der Waals surface area contributed by atoms with E-state index in [9.17, 15) is 17.6 Å². The third kappa shape index (κ3) is 1.74. The second kappa shape index (κ2) is 3.38. The maximum absolute atomic E-state index is 12.7. The van der Waals surface area contributed by atoms with Crippen LogP contribution in [0.15, 0.2) is 10.7 Å². The summed E-state index contributed by atoms with van der Waals surface area (Å²) < 4.78 is 48.3. The van der Waals surface area contributed by atoms with Crippen molar-refractivity contribution in [3.63, 3.8) is 0 Å². The van der Waals surface area contributed by atoms with Crippen LogP contribution in [-0.4, -0.2) is 4.98 Å². The molecule has 0 atom stereocenters. The molecule has 1 nitrogen and oxygen atoms in total. The Hall–Kier alpha value is -0.650. The van der Waals surface area contributed by atoms with Crippen molar-refractivity contribution >= 4 is 15.9 Å². The number of halogens is 5. The highest BCUT2D eigenvalue weighted by molar-refractivity contribution is 9.10. The lowest BCUT2D eigenvalue weighted by atomic mass is 10.3. The van der Waals surface area contributed by atoms with Gasteiger partial charge in [0.05, 0.1) is 5.56 Å². The van der Waals surface area contributed by atoms with E-state index in [1.165, 1.54) is 0 Å². The van der Waals surface area contributed by atoms with Gasteiger partial charge in [-0.05, 0) is 15.9 Å². The zero-order valence-electron chi connectivity index (χ0n) is 5.49. The molecule has 0 saturated carbocycles. The van der Waals surface area contributed by atoms with E-state index in [1.807, 2.05) is 0 Å². The molecule has 0 bridgehead atoms. The number of rotatable bonds is 1. The predicted molar refractivity (Wildman–Crippen MR) is 36.8 cm³/mol. The minimum Gasteiger partial charge on any atom is -0.210 e. The normalized spacial score (nSPS) is 10.8. The standard InChI is InChI=1S/C6H2BrF4N/c7-5-4(9)2(6(10)11)1-3(8)12-5/h1,6H. The molecule has 0 unspecified atom stereocenters. The van der Waals surface area contributed by atoms with Crippen molar-refractivity contribution in [1.82, 2.24) is 4.98 Å². The molecule has 0 aliphatic rings. The third-order valence-corrected chi connectivity index (χ3v) is 1.67. The van der Waals surface area contributed by atoms with Gasteiger partial charge >= 0.3 is 0 Å². The highest BCUT2D eigenvalue weighted by Crippen LogP contribution is 2.26. The highest BCUT2D eigenvalue weighted by atomic mass is 79.9. The van der Waals surface area contributed by atoms with E-state index in [0.717, 1.165) is 0 Å². The van der Waals surface area contributed by atoms with Gasteiger partial charge in [0, 0.05) is 6.07 Å². The summed E-state index contributed by atoms with van der Waals surface area (Å²) in [6.45, 7) is 0. The summed E-state index contributed by atoms with van der Waals surface area (Å²) in [5, 5.41) is 0. The average Bonchev–Trinajstić information content (AvgIpc) is 1.96. The molecule has 0 radical (unpaired) electrons. The number of aromatic nitrogens is 1. The van der Waals surface area contributed by atoms with Crippen LogP contribution in [0.2, 0.25) is 0 Å². The van der Waals surface area contributed by atoms with Crippen LogP contribution in [0.4, 0.5) is 17.6 Å². The Labute approximate surface area is 73.5 Å². The van der Waals surface area contributed by atoms with Gasteiger partial charge in [0.25, 0.3) is 6.43 Å². The van der Waals surface area contributed by atoms with Crippen molar-refractivity contribution in [3.8, 4) is 0 Å². The van der Waals surface area contributed by atoms with Gasteiger partial charge in [-0.1, -0.05) is 0 Å². The number of hydrogen-bond donors (Lipinski definition) is 0. The Kier molecular flexibility index (Phi) is 2.66. The first kappa shape index (κ1) is 9.44. The van der Waals surface area contributed by atoms with Crippen LogP contribution >= 0.6 is 15.9 Å². The van der Waals surface area contributed by atoms with Gasteiger partial charge in [-0.3, -0.25) is 0 Å². The summed E-state index contributed by atoms with van der Waals surface area (Å²) in [5.41, 5.74) is -0.991. The summed E-state index contributed by atoms with van der Waals surface area (Å²) in [4.78, 5) is 2.96. The minimum absolute atomic E-state index is 0.366. The second-order valence-corrected chi connectivity index (χ2v) is 2.69. The molecule has 66 valence electrons. The van der Waals surface area contributed by atoms with Gasteiger partial charge in [-0.25, -0.2) is 18.2 Å². The molecule has 12 heavy (non-hydrogen) atoms. The van der Waals surface area contributed by atoms with Crippen molar-refractivity contribution in [2.75, 3.05) is 0 Å². The van der Waals surface area contributed by atoms with E-state index in [1.54, 1.807) is 0 Å². The van der Waals surface area contributed by atoms with E-state index in [-0.39, 0.29) is 0 Å². The van der Waals surface area contributed by atoms with E-state index >= 15 is 0 Å². The number of hydrogen-bond acceptors (Lipinski definition) is 1. The molecule has 0 spiro atoms. The third-order valence-electron chi connectivity index (χ3n) is 1.15. The maximum Gasteiger partial charge on any atom is 0.266 e. The Morgan fingerprint density at radius 3 is 2.42 bits per heavy atom. The van der Waals surface area contributed by atoms with Crippen molar-refractivity contribution in [3.05, 3.63) is 28.0 Å². The number of alkyl halides is 2. The van der Waals surface area contributed by atoms with Gasteiger partial charge in [0.2, 0.25) is 5.95 Å². The molecular weight excluding hydrogens is 242 g/mol. The lowest BCUT2D eigenvalue weighted by molar-refractivity contribution is 0.145. The van der Waals surface area contributed by atoms with Crippen LogP contribution in [0.25, 0.3) is 0 Å². The first-order valence-corrected chi connectivity index (χ1v) is 3.61. The zero-order valence-corrected chi connectivity index (χ0v) is 7.08. The van der Waals surface area contributed by atoms with Crippen molar-refractivity contribution in [1.29, 1.82) is 0 Å². The van der Waals surface area contributed by atoms with Crippen LogP contribution in [0.3, 0.4) is 0 Å². The molecular formula is C6H2BrF4N. The predicted octanol–water partition coefficient (Wildman–Crippen LogP) is 3.06. The molecule has 0 aliphatic heterocycles. The smallest absolute Gasteiger partial charge is 0.210 e. The lowest BCUT2D eigenvalue weighted by Crippen LogP contribution is -1.97. The fourth-order valence-electron chi connectivity index (χ4n) is 0.645. The largest absolute Gasteiger partial charge is 0.266 e. The fourth-order valence-corrected chi connectivity index (χ4v) is 1.04. The van der Waals surface area contributed by atoms with E-state index < -0.39 is 28.4 Å².